The van der Waals surface area contributed by atoms with Crippen LogP contribution in [0.25, 0.3) is 5.69 Å². The fourth-order valence-corrected chi connectivity index (χ4v) is 4.18. The molecule has 25 heavy (non-hydrogen) atoms. The van der Waals surface area contributed by atoms with E-state index in [1.165, 1.54) is 30.5 Å². The van der Waals surface area contributed by atoms with Crippen molar-refractivity contribution in [2.75, 3.05) is 25.4 Å². The third-order valence-electron chi connectivity index (χ3n) is 5.66. The number of rotatable bonds is 3. The van der Waals surface area contributed by atoms with Gasteiger partial charge >= 0.3 is 5.69 Å². The van der Waals surface area contributed by atoms with E-state index < -0.39 is 0 Å². The van der Waals surface area contributed by atoms with E-state index in [1.54, 1.807) is 16.8 Å². The van der Waals surface area contributed by atoms with Gasteiger partial charge in [-0.3, -0.25) is 9.47 Å². The van der Waals surface area contributed by atoms with Crippen molar-refractivity contribution in [3.05, 3.63) is 52.1 Å². The third-order valence-corrected chi connectivity index (χ3v) is 5.66. The maximum atomic E-state index is 12.0. The Bertz CT molecular complexity index is 831. The molecule has 1 aliphatic carbocycles. The Hall–Kier alpha value is -2.18. The molecule has 2 heterocycles. The molecular formula is C19H25N5O. The molecule has 1 aromatic heterocycles. The molecule has 6 heteroatoms. The quantitative estimate of drug-likeness (QED) is 0.869. The highest BCUT2D eigenvalue weighted by molar-refractivity contribution is 5.43. The lowest BCUT2D eigenvalue weighted by molar-refractivity contribution is 0.215. The highest BCUT2D eigenvalue weighted by Crippen LogP contribution is 2.29. The standard InChI is InChI=1S/C19H25N5O/c20-11-13-5-7-23(12-13)16-3-1-15-10-17(4-2-14(15)9-16)24-8-6-18(21)22-19(24)25/h2,4,6,8,10,13,16H,1,3,5,7,9,11-12,20H2,(H2,21,22,25)/t13-,16?/m0/s1. The van der Waals surface area contributed by atoms with Gasteiger partial charge in [-0.2, -0.15) is 4.98 Å². The zero-order valence-corrected chi connectivity index (χ0v) is 14.4. The average molecular weight is 339 g/mol. The molecule has 0 spiro atoms. The van der Waals surface area contributed by atoms with Crippen molar-refractivity contribution >= 4 is 5.82 Å². The number of nitrogens with zero attached hydrogens (tertiary/aromatic N) is 3. The number of hydrogen-bond donors (Lipinski definition) is 2. The van der Waals surface area contributed by atoms with Crippen LogP contribution >= 0.6 is 0 Å². The van der Waals surface area contributed by atoms with Crippen molar-refractivity contribution < 1.29 is 0 Å². The van der Waals surface area contributed by atoms with E-state index in [9.17, 15) is 4.79 Å². The van der Waals surface area contributed by atoms with Crippen molar-refractivity contribution in [3.8, 4) is 5.69 Å². The van der Waals surface area contributed by atoms with Gasteiger partial charge in [0.2, 0.25) is 0 Å². The van der Waals surface area contributed by atoms with E-state index in [1.807, 2.05) is 6.07 Å². The smallest absolute Gasteiger partial charge is 0.354 e. The van der Waals surface area contributed by atoms with Crippen molar-refractivity contribution in [2.45, 2.75) is 31.7 Å². The van der Waals surface area contributed by atoms with Crippen LogP contribution in [0.1, 0.15) is 24.0 Å². The minimum absolute atomic E-state index is 0.253. The zero-order chi connectivity index (χ0) is 17.4. The fourth-order valence-electron chi connectivity index (χ4n) is 4.18. The number of fused-ring (bicyclic) bond motifs is 1. The zero-order valence-electron chi connectivity index (χ0n) is 14.4. The van der Waals surface area contributed by atoms with Crippen LogP contribution in [0.5, 0.6) is 0 Å². The van der Waals surface area contributed by atoms with E-state index in [0.29, 0.717) is 12.0 Å². The number of benzene rings is 1. The van der Waals surface area contributed by atoms with Crippen LogP contribution in [0.15, 0.2) is 35.3 Å². The van der Waals surface area contributed by atoms with Gasteiger partial charge in [-0.05, 0) is 74.0 Å². The topological polar surface area (TPSA) is 90.2 Å². The second kappa shape index (κ2) is 6.61. The lowest BCUT2D eigenvalue weighted by atomic mass is 9.87. The molecule has 0 amide bonds. The summed E-state index contributed by atoms with van der Waals surface area (Å²) in [5, 5.41) is 0. The number of likely N-dealkylation sites (tertiary alicyclic amines) is 1. The van der Waals surface area contributed by atoms with Gasteiger partial charge in [0.15, 0.2) is 0 Å². The summed E-state index contributed by atoms with van der Waals surface area (Å²) < 4.78 is 1.55. The predicted molar refractivity (Wildman–Crippen MR) is 98.8 cm³/mol. The van der Waals surface area contributed by atoms with E-state index in [4.69, 9.17) is 11.5 Å². The van der Waals surface area contributed by atoms with E-state index in [0.717, 1.165) is 31.6 Å². The second-order valence-electron chi connectivity index (χ2n) is 7.24. The van der Waals surface area contributed by atoms with Crippen LogP contribution in [0.3, 0.4) is 0 Å². The minimum atomic E-state index is -0.335. The van der Waals surface area contributed by atoms with E-state index in [2.05, 4.69) is 22.0 Å². The molecule has 1 unspecified atom stereocenters. The molecule has 2 atom stereocenters. The van der Waals surface area contributed by atoms with Gasteiger partial charge < -0.3 is 11.5 Å². The van der Waals surface area contributed by atoms with Crippen molar-refractivity contribution in [3.63, 3.8) is 0 Å². The molecular weight excluding hydrogens is 314 g/mol. The van der Waals surface area contributed by atoms with Crippen molar-refractivity contribution in [1.82, 2.24) is 14.5 Å². The number of aryl methyl sites for hydroxylation is 1. The molecule has 4 rings (SSSR count). The first-order valence-electron chi connectivity index (χ1n) is 9.05. The lowest BCUT2D eigenvalue weighted by Gasteiger charge is -2.32. The van der Waals surface area contributed by atoms with Crippen molar-refractivity contribution in [2.24, 2.45) is 11.7 Å². The molecule has 1 aliphatic heterocycles. The molecule has 132 valence electrons. The Balaban J connectivity index is 1.54. The van der Waals surface area contributed by atoms with Crippen LogP contribution in [0, 0.1) is 5.92 Å². The van der Waals surface area contributed by atoms with Crippen LogP contribution in [-0.4, -0.2) is 40.1 Å². The second-order valence-corrected chi connectivity index (χ2v) is 7.24. The van der Waals surface area contributed by atoms with E-state index in [-0.39, 0.29) is 11.5 Å². The molecule has 0 bridgehead atoms. The van der Waals surface area contributed by atoms with Crippen LogP contribution < -0.4 is 17.2 Å². The van der Waals surface area contributed by atoms with Gasteiger partial charge in [-0.15, -0.1) is 0 Å². The first-order chi connectivity index (χ1) is 12.1. The van der Waals surface area contributed by atoms with Crippen LogP contribution in [0.4, 0.5) is 5.82 Å². The van der Waals surface area contributed by atoms with Gasteiger partial charge in [0, 0.05) is 18.8 Å². The summed E-state index contributed by atoms with van der Waals surface area (Å²) in [4.78, 5) is 18.5. The monoisotopic (exact) mass is 339 g/mol. The number of anilines is 1. The molecule has 1 aromatic carbocycles. The van der Waals surface area contributed by atoms with Gasteiger partial charge in [0.25, 0.3) is 0 Å². The highest BCUT2D eigenvalue weighted by Gasteiger charge is 2.30. The normalized spacial score (nSPS) is 23.6. The molecule has 4 N–H and O–H groups in total. The summed E-state index contributed by atoms with van der Waals surface area (Å²) in [5.41, 5.74) is 14.7. The molecule has 1 saturated heterocycles. The fraction of sp³-hybridized carbons (Fsp3) is 0.474. The lowest BCUT2D eigenvalue weighted by Crippen LogP contribution is -2.38. The minimum Gasteiger partial charge on any atom is -0.383 e. The average Bonchev–Trinajstić information content (AvgIpc) is 3.10. The highest BCUT2D eigenvalue weighted by atomic mass is 16.1. The van der Waals surface area contributed by atoms with Gasteiger partial charge in [-0.1, -0.05) is 6.07 Å². The maximum Gasteiger partial charge on any atom is 0.354 e. The molecule has 2 aromatic rings. The van der Waals surface area contributed by atoms with Gasteiger partial charge in [0.05, 0.1) is 5.69 Å². The van der Waals surface area contributed by atoms with Gasteiger partial charge in [-0.25, -0.2) is 4.79 Å². The summed E-state index contributed by atoms with van der Waals surface area (Å²) >= 11 is 0. The Morgan fingerprint density at radius 1 is 1.20 bits per heavy atom. The Morgan fingerprint density at radius 3 is 2.84 bits per heavy atom. The molecule has 0 saturated carbocycles. The summed E-state index contributed by atoms with van der Waals surface area (Å²) in [6, 6.07) is 8.56. The summed E-state index contributed by atoms with van der Waals surface area (Å²) in [6.45, 7) is 3.11. The van der Waals surface area contributed by atoms with Crippen LogP contribution in [-0.2, 0) is 12.8 Å². The summed E-state index contributed by atoms with van der Waals surface area (Å²) in [7, 11) is 0. The molecule has 2 aliphatic rings. The first-order valence-corrected chi connectivity index (χ1v) is 9.05. The summed E-state index contributed by atoms with van der Waals surface area (Å²) in [5.74, 6) is 0.914. The molecule has 0 radical (unpaired) electrons. The number of nitrogen functional groups attached to an aromatic ring is 1. The maximum absolute atomic E-state index is 12.0. The van der Waals surface area contributed by atoms with Crippen LogP contribution in [0.2, 0.25) is 0 Å². The number of hydrogen-bond acceptors (Lipinski definition) is 5. The van der Waals surface area contributed by atoms with Crippen molar-refractivity contribution in [1.29, 1.82) is 0 Å². The third kappa shape index (κ3) is 3.19. The number of aromatic nitrogens is 2. The molecule has 6 nitrogen and oxygen atoms in total. The Morgan fingerprint density at radius 2 is 2.08 bits per heavy atom. The first kappa shape index (κ1) is 16.3. The summed E-state index contributed by atoms with van der Waals surface area (Å²) in [6.07, 6.45) is 6.22. The Kier molecular flexibility index (Phi) is 4.31. The largest absolute Gasteiger partial charge is 0.383 e. The van der Waals surface area contributed by atoms with E-state index >= 15 is 0 Å². The SMILES string of the molecule is NC[C@@H]1CCN(C2CCc3cc(-n4ccc(N)nc4=O)ccc3C2)C1. The predicted octanol–water partition coefficient (Wildman–Crippen LogP) is 0.953. The number of nitrogens with two attached hydrogens (primary N) is 2. The van der Waals surface area contributed by atoms with Gasteiger partial charge in [0.1, 0.15) is 5.82 Å². The molecule has 1 fully saturated rings. The Labute approximate surface area is 147 Å².